The van der Waals surface area contributed by atoms with Crippen molar-refractivity contribution in [2.45, 2.75) is 45.1 Å². The van der Waals surface area contributed by atoms with E-state index in [-0.39, 0.29) is 10.9 Å². The molecule has 1 heterocycles. The predicted octanol–water partition coefficient (Wildman–Crippen LogP) is 3.04. The van der Waals surface area contributed by atoms with Crippen LogP contribution >= 0.6 is 0 Å². The second kappa shape index (κ2) is 5.99. The van der Waals surface area contributed by atoms with Gasteiger partial charge in [0.15, 0.2) is 0 Å². The summed E-state index contributed by atoms with van der Waals surface area (Å²) >= 11 is 0. The van der Waals surface area contributed by atoms with E-state index in [1.165, 1.54) is 0 Å². The van der Waals surface area contributed by atoms with Crippen LogP contribution in [0.2, 0.25) is 0 Å². The summed E-state index contributed by atoms with van der Waals surface area (Å²) in [6.07, 6.45) is 0.746. The third-order valence-corrected chi connectivity index (χ3v) is 5.06. The maximum Gasteiger partial charge on any atom is 0.240 e. The van der Waals surface area contributed by atoms with Crippen LogP contribution in [0, 0.1) is 13.8 Å². The fraction of sp³-hybridized carbons (Fsp3) is 0.400. The number of hydrogen-bond donors (Lipinski definition) is 1. The van der Waals surface area contributed by atoms with E-state index >= 15 is 0 Å². The van der Waals surface area contributed by atoms with Crippen LogP contribution in [-0.2, 0) is 10.0 Å². The van der Waals surface area contributed by atoms with Gasteiger partial charge in [-0.2, -0.15) is 0 Å². The molecule has 0 amide bonds. The van der Waals surface area contributed by atoms with Gasteiger partial charge < -0.3 is 4.52 Å². The number of benzene rings is 1. The highest BCUT2D eigenvalue weighted by molar-refractivity contribution is 7.89. The molecule has 0 spiro atoms. The minimum atomic E-state index is -3.47. The van der Waals surface area contributed by atoms with Gasteiger partial charge in [0.05, 0.1) is 10.6 Å². The third-order valence-electron chi connectivity index (χ3n) is 3.46. The first-order valence-electron chi connectivity index (χ1n) is 6.90. The van der Waals surface area contributed by atoms with E-state index in [4.69, 9.17) is 4.52 Å². The smallest absolute Gasteiger partial charge is 0.240 e. The highest BCUT2D eigenvalue weighted by Crippen LogP contribution is 2.27. The molecule has 0 bridgehead atoms. The van der Waals surface area contributed by atoms with E-state index in [9.17, 15) is 8.42 Å². The molecule has 0 aliphatic rings. The first-order valence-corrected chi connectivity index (χ1v) is 8.39. The molecular weight excluding hydrogens is 288 g/mol. The van der Waals surface area contributed by atoms with Gasteiger partial charge in [-0.3, -0.25) is 0 Å². The van der Waals surface area contributed by atoms with Crippen molar-refractivity contribution in [2.75, 3.05) is 0 Å². The minimum Gasteiger partial charge on any atom is -0.361 e. The van der Waals surface area contributed by atoms with Crippen molar-refractivity contribution in [2.24, 2.45) is 0 Å². The summed E-state index contributed by atoms with van der Waals surface area (Å²) in [6.45, 7) is 7.48. The van der Waals surface area contributed by atoms with Crippen LogP contribution in [0.1, 0.15) is 31.7 Å². The van der Waals surface area contributed by atoms with Gasteiger partial charge in [-0.15, -0.1) is 0 Å². The summed E-state index contributed by atoms with van der Waals surface area (Å²) in [5.41, 5.74) is 2.60. The number of rotatable bonds is 5. The van der Waals surface area contributed by atoms with Crippen molar-refractivity contribution >= 4 is 10.0 Å². The molecule has 0 aliphatic carbocycles. The summed E-state index contributed by atoms with van der Waals surface area (Å²) in [7, 11) is -3.47. The Morgan fingerprint density at radius 3 is 2.33 bits per heavy atom. The zero-order valence-corrected chi connectivity index (χ0v) is 13.5. The number of nitrogens with one attached hydrogen (secondary N) is 1. The largest absolute Gasteiger partial charge is 0.361 e. The van der Waals surface area contributed by atoms with Crippen LogP contribution in [0.3, 0.4) is 0 Å². The standard InChI is InChI=1S/C15H20N2O3S/c1-5-10(2)17-21(18,19)14-8-6-13(7-9-14)15-11(3)16-20-12(15)4/h6-10,17H,5H2,1-4H3/t10-/m1/s1. The Morgan fingerprint density at radius 2 is 1.86 bits per heavy atom. The fourth-order valence-electron chi connectivity index (χ4n) is 2.11. The Kier molecular flexibility index (Phi) is 4.49. The number of hydrogen-bond acceptors (Lipinski definition) is 4. The van der Waals surface area contributed by atoms with Crippen LogP contribution in [0.15, 0.2) is 33.7 Å². The Bertz CT molecular complexity index is 698. The monoisotopic (exact) mass is 308 g/mol. The van der Waals surface area contributed by atoms with Crippen molar-refractivity contribution in [3.63, 3.8) is 0 Å². The molecule has 0 fully saturated rings. The Hall–Kier alpha value is -1.66. The highest BCUT2D eigenvalue weighted by atomic mass is 32.2. The number of aryl methyl sites for hydroxylation is 2. The molecule has 1 atom stereocenters. The maximum atomic E-state index is 12.2. The molecule has 1 aromatic carbocycles. The van der Waals surface area contributed by atoms with E-state index < -0.39 is 10.0 Å². The molecule has 0 aliphatic heterocycles. The van der Waals surface area contributed by atoms with Crippen LogP contribution in [-0.4, -0.2) is 19.6 Å². The maximum absolute atomic E-state index is 12.2. The molecule has 114 valence electrons. The van der Waals surface area contributed by atoms with Gasteiger partial charge in [0, 0.05) is 11.6 Å². The fourth-order valence-corrected chi connectivity index (χ4v) is 3.44. The van der Waals surface area contributed by atoms with Crippen LogP contribution < -0.4 is 4.72 Å². The van der Waals surface area contributed by atoms with E-state index in [1.54, 1.807) is 24.3 Å². The van der Waals surface area contributed by atoms with Crippen molar-refractivity contribution < 1.29 is 12.9 Å². The zero-order chi connectivity index (χ0) is 15.6. The number of nitrogens with zero attached hydrogens (tertiary/aromatic N) is 1. The average molecular weight is 308 g/mol. The van der Waals surface area contributed by atoms with Crippen molar-refractivity contribution in [3.05, 3.63) is 35.7 Å². The number of sulfonamides is 1. The van der Waals surface area contributed by atoms with E-state index in [0.29, 0.717) is 0 Å². The second-order valence-electron chi connectivity index (χ2n) is 5.15. The van der Waals surface area contributed by atoms with Crippen LogP contribution in [0.4, 0.5) is 0 Å². The van der Waals surface area contributed by atoms with Gasteiger partial charge in [-0.05, 0) is 44.9 Å². The molecule has 21 heavy (non-hydrogen) atoms. The van der Waals surface area contributed by atoms with Gasteiger partial charge in [0.25, 0.3) is 0 Å². The lowest BCUT2D eigenvalue weighted by atomic mass is 10.0. The lowest BCUT2D eigenvalue weighted by molar-refractivity contribution is 0.393. The first kappa shape index (κ1) is 15.7. The topological polar surface area (TPSA) is 72.2 Å². The second-order valence-corrected chi connectivity index (χ2v) is 6.87. The predicted molar refractivity (Wildman–Crippen MR) is 81.5 cm³/mol. The highest BCUT2D eigenvalue weighted by Gasteiger charge is 2.17. The Morgan fingerprint density at radius 1 is 1.24 bits per heavy atom. The van der Waals surface area contributed by atoms with E-state index in [0.717, 1.165) is 29.0 Å². The molecule has 2 aromatic rings. The lowest BCUT2D eigenvalue weighted by Gasteiger charge is -2.12. The zero-order valence-electron chi connectivity index (χ0n) is 12.7. The van der Waals surface area contributed by atoms with E-state index in [2.05, 4.69) is 9.88 Å². The van der Waals surface area contributed by atoms with E-state index in [1.807, 2.05) is 27.7 Å². The summed E-state index contributed by atoms with van der Waals surface area (Å²) < 4.78 is 32.2. The Labute approximate surface area is 125 Å². The number of aromatic nitrogens is 1. The average Bonchev–Trinajstić information content (AvgIpc) is 2.78. The van der Waals surface area contributed by atoms with Gasteiger partial charge >= 0.3 is 0 Å². The summed E-state index contributed by atoms with van der Waals surface area (Å²) in [5, 5.41) is 3.91. The van der Waals surface area contributed by atoms with Crippen molar-refractivity contribution in [1.29, 1.82) is 0 Å². The molecule has 5 nitrogen and oxygen atoms in total. The SMILES string of the molecule is CC[C@@H](C)NS(=O)(=O)c1ccc(-c2c(C)noc2C)cc1. The molecule has 2 rings (SSSR count). The van der Waals surface area contributed by atoms with Gasteiger partial charge in [0.1, 0.15) is 5.76 Å². The van der Waals surface area contributed by atoms with Gasteiger partial charge in [-0.25, -0.2) is 13.1 Å². The lowest BCUT2D eigenvalue weighted by Crippen LogP contribution is -2.31. The van der Waals surface area contributed by atoms with Crippen molar-refractivity contribution in [3.8, 4) is 11.1 Å². The molecule has 1 aromatic heterocycles. The molecule has 0 radical (unpaired) electrons. The normalized spacial score (nSPS) is 13.3. The molecule has 0 unspecified atom stereocenters. The van der Waals surface area contributed by atoms with Crippen LogP contribution in [0.5, 0.6) is 0 Å². The van der Waals surface area contributed by atoms with Crippen molar-refractivity contribution in [1.82, 2.24) is 9.88 Å². The molecule has 0 saturated carbocycles. The molecular formula is C15H20N2O3S. The van der Waals surface area contributed by atoms with Crippen LogP contribution in [0.25, 0.3) is 11.1 Å². The third kappa shape index (κ3) is 3.33. The molecule has 1 N–H and O–H groups in total. The quantitative estimate of drug-likeness (QED) is 0.921. The van der Waals surface area contributed by atoms with Gasteiger partial charge in [-0.1, -0.05) is 24.2 Å². The van der Waals surface area contributed by atoms with Gasteiger partial charge in [0.2, 0.25) is 10.0 Å². The first-order chi connectivity index (χ1) is 9.85. The summed E-state index contributed by atoms with van der Waals surface area (Å²) in [4.78, 5) is 0.262. The molecule has 0 saturated heterocycles. The summed E-state index contributed by atoms with van der Waals surface area (Å²) in [5.74, 6) is 0.723. The minimum absolute atomic E-state index is 0.0859. The Balaban J connectivity index is 2.32. The molecule has 6 heteroatoms. The summed E-state index contributed by atoms with van der Waals surface area (Å²) in [6, 6.07) is 6.67.